The van der Waals surface area contributed by atoms with Crippen molar-refractivity contribution in [2.45, 2.75) is 13.5 Å². The number of aromatic amines is 1. The van der Waals surface area contributed by atoms with Gasteiger partial charge in [-0.15, -0.1) is 0 Å². The van der Waals surface area contributed by atoms with Gasteiger partial charge < -0.3 is 9.72 Å². The third-order valence-electron chi connectivity index (χ3n) is 1.61. The van der Waals surface area contributed by atoms with Crippen LogP contribution in [0.15, 0.2) is 15.8 Å². The Morgan fingerprint density at radius 3 is 2.87 bits per heavy atom. The monoisotopic (exact) mass is 216 g/mol. The summed E-state index contributed by atoms with van der Waals surface area (Å²) < 4.78 is 17.7. The summed E-state index contributed by atoms with van der Waals surface area (Å²) in [6, 6.07) is 0. The second-order valence-electron chi connectivity index (χ2n) is 2.64. The average molecular weight is 216 g/mol. The Hall–Kier alpha value is -1.92. The smallest absolute Gasteiger partial charge is 0.329 e. The molecule has 1 aromatic heterocycles. The molecular formula is C8H9FN2O4. The molecule has 0 aliphatic heterocycles. The zero-order valence-electron chi connectivity index (χ0n) is 7.95. The van der Waals surface area contributed by atoms with Crippen molar-refractivity contribution in [3.8, 4) is 0 Å². The zero-order valence-corrected chi connectivity index (χ0v) is 7.95. The summed E-state index contributed by atoms with van der Waals surface area (Å²) in [5.41, 5.74) is -2.00. The molecule has 0 atom stereocenters. The SMILES string of the molecule is CCOC(=O)Cn1c(=O)[nH]cc(F)c1=O. The van der Waals surface area contributed by atoms with Gasteiger partial charge in [0.2, 0.25) is 5.82 Å². The molecule has 0 amide bonds. The van der Waals surface area contributed by atoms with E-state index in [-0.39, 0.29) is 6.61 Å². The largest absolute Gasteiger partial charge is 0.465 e. The number of nitrogens with one attached hydrogen (secondary N) is 1. The number of ether oxygens (including phenoxy) is 1. The van der Waals surface area contributed by atoms with Crippen LogP contribution < -0.4 is 11.2 Å². The van der Waals surface area contributed by atoms with Crippen LogP contribution in [-0.2, 0) is 16.1 Å². The highest BCUT2D eigenvalue weighted by Crippen LogP contribution is 1.84. The van der Waals surface area contributed by atoms with E-state index in [0.717, 1.165) is 0 Å². The lowest BCUT2D eigenvalue weighted by molar-refractivity contribution is -0.143. The van der Waals surface area contributed by atoms with E-state index in [1.165, 1.54) is 0 Å². The molecule has 1 heterocycles. The zero-order chi connectivity index (χ0) is 11.4. The van der Waals surface area contributed by atoms with Crippen molar-refractivity contribution in [3.05, 3.63) is 32.9 Å². The van der Waals surface area contributed by atoms with Crippen LogP contribution in [0.3, 0.4) is 0 Å². The molecule has 1 N–H and O–H groups in total. The number of rotatable bonds is 3. The summed E-state index contributed by atoms with van der Waals surface area (Å²) in [7, 11) is 0. The number of carbonyl (C=O) groups excluding carboxylic acids is 1. The lowest BCUT2D eigenvalue weighted by Crippen LogP contribution is -2.38. The van der Waals surface area contributed by atoms with Crippen molar-refractivity contribution in [3.63, 3.8) is 0 Å². The lowest BCUT2D eigenvalue weighted by Gasteiger charge is -2.03. The normalized spacial score (nSPS) is 10.0. The molecule has 0 aliphatic rings. The molecule has 15 heavy (non-hydrogen) atoms. The Morgan fingerprint density at radius 2 is 2.27 bits per heavy atom. The minimum absolute atomic E-state index is 0.126. The van der Waals surface area contributed by atoms with Crippen molar-refractivity contribution < 1.29 is 13.9 Å². The van der Waals surface area contributed by atoms with Gasteiger partial charge in [-0.2, -0.15) is 4.39 Å². The number of halogens is 1. The molecular weight excluding hydrogens is 207 g/mol. The third-order valence-corrected chi connectivity index (χ3v) is 1.61. The molecule has 0 saturated carbocycles. The van der Waals surface area contributed by atoms with Crippen molar-refractivity contribution in [1.29, 1.82) is 0 Å². The van der Waals surface area contributed by atoms with Crippen LogP contribution >= 0.6 is 0 Å². The standard InChI is InChI=1S/C8H9FN2O4/c1-2-15-6(12)4-11-7(13)5(9)3-10-8(11)14/h3H,2,4H2,1H3,(H,10,14). The summed E-state index contributed by atoms with van der Waals surface area (Å²) in [5, 5.41) is 0. The van der Waals surface area contributed by atoms with Crippen molar-refractivity contribution in [2.75, 3.05) is 6.61 Å². The van der Waals surface area contributed by atoms with Gasteiger partial charge in [0.1, 0.15) is 6.54 Å². The van der Waals surface area contributed by atoms with Gasteiger partial charge in [-0.3, -0.25) is 9.59 Å². The Bertz CT molecular complexity index is 476. The van der Waals surface area contributed by atoms with E-state index in [1.54, 1.807) is 6.92 Å². The minimum atomic E-state index is -1.15. The van der Waals surface area contributed by atoms with Crippen molar-refractivity contribution >= 4 is 5.97 Å². The van der Waals surface area contributed by atoms with Gasteiger partial charge in [-0.05, 0) is 6.92 Å². The molecule has 0 saturated heterocycles. The molecule has 0 aliphatic carbocycles. The summed E-state index contributed by atoms with van der Waals surface area (Å²) in [4.78, 5) is 35.1. The van der Waals surface area contributed by atoms with Gasteiger partial charge >= 0.3 is 11.7 Å². The number of esters is 1. The Labute approximate surface area is 83.3 Å². The van der Waals surface area contributed by atoms with E-state index < -0.39 is 29.6 Å². The molecule has 0 spiro atoms. The first-order chi connectivity index (χ1) is 7.06. The van der Waals surface area contributed by atoms with Gasteiger partial charge in [0, 0.05) is 6.20 Å². The van der Waals surface area contributed by atoms with Gasteiger partial charge in [-0.1, -0.05) is 0 Å². The van der Waals surface area contributed by atoms with Gasteiger partial charge in [0.15, 0.2) is 0 Å². The second kappa shape index (κ2) is 4.54. The van der Waals surface area contributed by atoms with Crippen LogP contribution in [-0.4, -0.2) is 22.1 Å². The Kier molecular flexibility index (Phi) is 3.37. The molecule has 0 fully saturated rings. The third kappa shape index (κ3) is 2.52. The van der Waals surface area contributed by atoms with E-state index in [4.69, 9.17) is 0 Å². The molecule has 82 valence electrons. The molecule has 6 nitrogen and oxygen atoms in total. The molecule has 1 rings (SSSR count). The summed E-state index contributed by atoms with van der Waals surface area (Å²) in [6.45, 7) is 1.11. The number of aromatic nitrogens is 2. The van der Waals surface area contributed by atoms with Crippen molar-refractivity contribution in [1.82, 2.24) is 9.55 Å². The van der Waals surface area contributed by atoms with E-state index in [0.29, 0.717) is 10.8 Å². The van der Waals surface area contributed by atoms with Crippen LogP contribution in [0.25, 0.3) is 0 Å². The Balaban J connectivity index is 3.05. The maximum Gasteiger partial charge on any atom is 0.329 e. The van der Waals surface area contributed by atoms with E-state index in [1.807, 2.05) is 4.98 Å². The van der Waals surface area contributed by atoms with Crippen LogP contribution in [0.5, 0.6) is 0 Å². The first-order valence-corrected chi connectivity index (χ1v) is 4.20. The number of hydrogen-bond donors (Lipinski definition) is 1. The van der Waals surface area contributed by atoms with E-state index >= 15 is 0 Å². The lowest BCUT2D eigenvalue weighted by atomic mass is 10.5. The molecule has 0 aromatic carbocycles. The second-order valence-corrected chi connectivity index (χ2v) is 2.64. The van der Waals surface area contributed by atoms with Crippen LogP contribution in [0, 0.1) is 5.82 Å². The van der Waals surface area contributed by atoms with Crippen LogP contribution in [0.2, 0.25) is 0 Å². The van der Waals surface area contributed by atoms with Gasteiger partial charge in [0.05, 0.1) is 6.61 Å². The Morgan fingerprint density at radius 1 is 1.60 bits per heavy atom. The van der Waals surface area contributed by atoms with Crippen molar-refractivity contribution in [2.24, 2.45) is 0 Å². The first kappa shape index (κ1) is 11.2. The maximum atomic E-state index is 12.7. The topological polar surface area (TPSA) is 81.2 Å². The predicted molar refractivity (Wildman–Crippen MR) is 47.9 cm³/mol. The summed E-state index contributed by atoms with van der Waals surface area (Å²) in [6.07, 6.45) is 0.645. The highest BCUT2D eigenvalue weighted by Gasteiger charge is 2.11. The average Bonchev–Trinajstić information content (AvgIpc) is 2.19. The first-order valence-electron chi connectivity index (χ1n) is 4.20. The van der Waals surface area contributed by atoms with E-state index in [9.17, 15) is 18.8 Å². The fourth-order valence-corrected chi connectivity index (χ4v) is 0.965. The van der Waals surface area contributed by atoms with Gasteiger partial charge in [-0.25, -0.2) is 9.36 Å². The van der Waals surface area contributed by atoms with Gasteiger partial charge in [0.25, 0.3) is 5.56 Å². The maximum absolute atomic E-state index is 12.7. The molecule has 1 aromatic rings. The molecule has 0 bridgehead atoms. The van der Waals surface area contributed by atoms with E-state index in [2.05, 4.69) is 4.74 Å². The molecule has 7 heteroatoms. The number of nitrogens with zero attached hydrogens (tertiary/aromatic N) is 1. The molecule has 0 unspecified atom stereocenters. The number of H-pyrrole nitrogens is 1. The van der Waals surface area contributed by atoms with Crippen LogP contribution in [0.1, 0.15) is 6.92 Å². The summed E-state index contributed by atoms with van der Waals surface area (Å²) >= 11 is 0. The van der Waals surface area contributed by atoms with Crippen LogP contribution in [0.4, 0.5) is 4.39 Å². The highest BCUT2D eigenvalue weighted by molar-refractivity contribution is 5.69. The number of hydrogen-bond acceptors (Lipinski definition) is 4. The predicted octanol–water partition coefficient (Wildman–Crippen LogP) is -0.761. The highest BCUT2D eigenvalue weighted by atomic mass is 19.1. The minimum Gasteiger partial charge on any atom is -0.465 e. The fraction of sp³-hybridized carbons (Fsp3) is 0.375. The quantitative estimate of drug-likeness (QED) is 0.673. The fourth-order valence-electron chi connectivity index (χ4n) is 0.965. The number of carbonyl (C=O) groups is 1. The molecule has 0 radical (unpaired) electrons. The summed E-state index contributed by atoms with van der Waals surface area (Å²) in [5.74, 6) is -1.89.